The highest BCUT2D eigenvalue weighted by atomic mass is 16.3. The summed E-state index contributed by atoms with van der Waals surface area (Å²) in [5, 5.41) is 14.4. The van der Waals surface area contributed by atoms with Gasteiger partial charge in [-0.15, -0.1) is 0 Å². The molecule has 1 heterocycles. The summed E-state index contributed by atoms with van der Waals surface area (Å²) in [5.41, 5.74) is -1.94. The van der Waals surface area contributed by atoms with Gasteiger partial charge in [0, 0.05) is 12.2 Å². The van der Waals surface area contributed by atoms with Crippen molar-refractivity contribution in [3.05, 3.63) is 32.6 Å². The van der Waals surface area contributed by atoms with Gasteiger partial charge in [-0.25, -0.2) is 4.79 Å². The van der Waals surface area contributed by atoms with Crippen LogP contribution < -0.4 is 21.9 Å². The third-order valence-electron chi connectivity index (χ3n) is 3.82. The highest BCUT2D eigenvalue weighted by molar-refractivity contribution is 5.97. The molecule has 0 aromatic carbocycles. The molecule has 2 amide bonds. The molecule has 1 aliphatic rings. The molecule has 2 rings (SSSR count). The molecule has 9 nitrogen and oxygen atoms in total. The molecule has 0 radical (unpaired) electrons. The molecular formula is C14H20N4O5. The molecule has 0 saturated heterocycles. The number of aliphatic hydroxyl groups is 1. The van der Waals surface area contributed by atoms with E-state index >= 15 is 0 Å². The van der Waals surface area contributed by atoms with Gasteiger partial charge in [-0.1, -0.05) is 19.3 Å². The van der Waals surface area contributed by atoms with Gasteiger partial charge >= 0.3 is 5.69 Å². The Bertz CT molecular complexity index is 674. The van der Waals surface area contributed by atoms with E-state index in [4.69, 9.17) is 0 Å². The largest absolute Gasteiger partial charge is 0.394 e. The monoisotopic (exact) mass is 324 g/mol. The molecule has 1 atom stereocenters. The lowest BCUT2D eigenvalue weighted by Gasteiger charge is -2.25. The maximum atomic E-state index is 12.1. The summed E-state index contributed by atoms with van der Waals surface area (Å²) >= 11 is 0. The highest BCUT2D eigenvalue weighted by Gasteiger charge is 2.24. The van der Waals surface area contributed by atoms with E-state index in [0.29, 0.717) is 0 Å². The molecule has 1 aromatic heterocycles. The number of carbonyl (C=O) groups excluding carboxylic acids is 2. The van der Waals surface area contributed by atoms with Crippen molar-refractivity contribution in [3.8, 4) is 0 Å². The fraction of sp³-hybridized carbons (Fsp3) is 0.571. The van der Waals surface area contributed by atoms with Crippen molar-refractivity contribution in [2.75, 3.05) is 6.61 Å². The van der Waals surface area contributed by atoms with E-state index < -0.39 is 35.7 Å². The van der Waals surface area contributed by atoms with Crippen molar-refractivity contribution in [1.29, 1.82) is 0 Å². The zero-order valence-electron chi connectivity index (χ0n) is 12.6. The second-order valence-corrected chi connectivity index (χ2v) is 5.54. The van der Waals surface area contributed by atoms with E-state index in [1.807, 2.05) is 4.98 Å². The molecule has 1 aromatic rings. The van der Waals surface area contributed by atoms with Crippen LogP contribution in [-0.4, -0.2) is 45.6 Å². The summed E-state index contributed by atoms with van der Waals surface area (Å²) in [6, 6.07) is -1.12. The van der Waals surface area contributed by atoms with E-state index in [-0.39, 0.29) is 11.6 Å². The topological polar surface area (TPSA) is 144 Å². The molecule has 9 heteroatoms. The van der Waals surface area contributed by atoms with Gasteiger partial charge in [-0.2, -0.15) is 0 Å². The van der Waals surface area contributed by atoms with Crippen LogP contribution in [0.3, 0.4) is 0 Å². The van der Waals surface area contributed by atoms with Crippen LogP contribution in [0.1, 0.15) is 42.5 Å². The van der Waals surface area contributed by atoms with Gasteiger partial charge < -0.3 is 20.7 Å². The fourth-order valence-electron chi connectivity index (χ4n) is 2.56. The highest BCUT2D eigenvalue weighted by Crippen LogP contribution is 2.17. The Morgan fingerprint density at radius 1 is 1.26 bits per heavy atom. The van der Waals surface area contributed by atoms with Gasteiger partial charge in [0.15, 0.2) is 0 Å². The normalized spacial score (nSPS) is 16.6. The Balaban J connectivity index is 2.00. The van der Waals surface area contributed by atoms with Crippen molar-refractivity contribution in [1.82, 2.24) is 20.6 Å². The lowest BCUT2D eigenvalue weighted by Crippen LogP contribution is -2.52. The number of aromatic nitrogens is 2. The zero-order chi connectivity index (χ0) is 16.8. The maximum Gasteiger partial charge on any atom is 0.325 e. The van der Waals surface area contributed by atoms with E-state index in [2.05, 4.69) is 15.6 Å². The lowest BCUT2D eigenvalue weighted by molar-refractivity contribution is -0.124. The second kappa shape index (κ2) is 7.73. The molecule has 23 heavy (non-hydrogen) atoms. The molecule has 1 unspecified atom stereocenters. The van der Waals surface area contributed by atoms with Crippen molar-refractivity contribution in [2.24, 2.45) is 0 Å². The van der Waals surface area contributed by atoms with Crippen LogP contribution in [0.2, 0.25) is 0 Å². The Morgan fingerprint density at radius 3 is 2.57 bits per heavy atom. The number of hydrogen-bond donors (Lipinski definition) is 5. The SMILES string of the molecule is O=C(NC(CO)C(=O)NC1CCCCC1)c1c[nH]c(=O)[nH]c1=O. The number of aliphatic hydroxyl groups excluding tert-OH is 1. The lowest BCUT2D eigenvalue weighted by atomic mass is 9.95. The number of H-pyrrole nitrogens is 2. The minimum absolute atomic E-state index is 0.0404. The third-order valence-corrected chi connectivity index (χ3v) is 3.82. The molecule has 0 aliphatic heterocycles. The Kier molecular flexibility index (Phi) is 5.69. The van der Waals surface area contributed by atoms with E-state index in [1.54, 1.807) is 0 Å². The van der Waals surface area contributed by atoms with Gasteiger partial charge in [-0.3, -0.25) is 19.4 Å². The molecule has 1 aliphatic carbocycles. The Hall–Kier alpha value is -2.42. The zero-order valence-corrected chi connectivity index (χ0v) is 12.6. The minimum Gasteiger partial charge on any atom is -0.394 e. The molecule has 5 N–H and O–H groups in total. The number of nitrogens with one attached hydrogen (secondary N) is 4. The maximum absolute atomic E-state index is 12.1. The minimum atomic E-state index is -1.16. The average molecular weight is 324 g/mol. The van der Waals surface area contributed by atoms with Crippen LogP contribution in [0.15, 0.2) is 15.8 Å². The Morgan fingerprint density at radius 2 is 1.96 bits per heavy atom. The number of carbonyl (C=O) groups is 2. The summed E-state index contributed by atoms with van der Waals surface area (Å²) in [6.45, 7) is -0.592. The summed E-state index contributed by atoms with van der Waals surface area (Å²) in [7, 11) is 0. The molecule has 1 saturated carbocycles. The van der Waals surface area contributed by atoms with Crippen LogP contribution in [0.4, 0.5) is 0 Å². The van der Waals surface area contributed by atoms with Crippen molar-refractivity contribution in [2.45, 2.75) is 44.2 Å². The first-order valence-electron chi connectivity index (χ1n) is 7.55. The first kappa shape index (κ1) is 16.9. The molecular weight excluding hydrogens is 304 g/mol. The average Bonchev–Trinajstić information content (AvgIpc) is 2.53. The summed E-state index contributed by atoms with van der Waals surface area (Å²) in [4.78, 5) is 50.7. The van der Waals surface area contributed by atoms with Gasteiger partial charge in [-0.05, 0) is 12.8 Å². The van der Waals surface area contributed by atoms with Gasteiger partial charge in [0.1, 0.15) is 11.6 Å². The van der Waals surface area contributed by atoms with E-state index in [9.17, 15) is 24.3 Å². The van der Waals surface area contributed by atoms with Crippen LogP contribution in [-0.2, 0) is 4.79 Å². The quantitative estimate of drug-likeness (QED) is 0.452. The standard InChI is InChI=1S/C14H20N4O5/c19-7-10(13(22)16-8-4-2-1-3-5-8)17-11(20)9-6-15-14(23)18-12(9)21/h6,8,10,19H,1-5,7H2,(H,16,22)(H,17,20)(H2,15,18,21,23). The van der Waals surface area contributed by atoms with Crippen molar-refractivity contribution < 1.29 is 14.7 Å². The number of amides is 2. The smallest absolute Gasteiger partial charge is 0.325 e. The van der Waals surface area contributed by atoms with Gasteiger partial charge in [0.25, 0.3) is 11.5 Å². The fourth-order valence-corrected chi connectivity index (χ4v) is 2.56. The summed E-state index contributed by atoms with van der Waals surface area (Å²) < 4.78 is 0. The predicted molar refractivity (Wildman–Crippen MR) is 81.0 cm³/mol. The van der Waals surface area contributed by atoms with Gasteiger partial charge in [0.2, 0.25) is 5.91 Å². The number of hydrogen-bond acceptors (Lipinski definition) is 5. The summed E-state index contributed by atoms with van der Waals surface area (Å²) in [5.74, 6) is -1.34. The third kappa shape index (κ3) is 4.52. The molecule has 0 spiro atoms. The van der Waals surface area contributed by atoms with Gasteiger partial charge in [0.05, 0.1) is 6.61 Å². The van der Waals surface area contributed by atoms with Crippen LogP contribution in [0.25, 0.3) is 0 Å². The van der Waals surface area contributed by atoms with Crippen LogP contribution in [0.5, 0.6) is 0 Å². The number of rotatable bonds is 5. The first-order chi connectivity index (χ1) is 11.0. The van der Waals surface area contributed by atoms with E-state index in [0.717, 1.165) is 38.3 Å². The molecule has 126 valence electrons. The van der Waals surface area contributed by atoms with Crippen molar-refractivity contribution in [3.63, 3.8) is 0 Å². The molecule has 0 bridgehead atoms. The van der Waals surface area contributed by atoms with Crippen LogP contribution in [0, 0.1) is 0 Å². The van der Waals surface area contributed by atoms with Crippen LogP contribution >= 0.6 is 0 Å². The van der Waals surface area contributed by atoms with Crippen molar-refractivity contribution >= 4 is 11.8 Å². The molecule has 1 fully saturated rings. The predicted octanol–water partition coefficient (Wildman–Crippen LogP) is -1.40. The second-order valence-electron chi connectivity index (χ2n) is 5.54. The first-order valence-corrected chi connectivity index (χ1v) is 7.55. The Labute approximate surface area is 131 Å². The summed E-state index contributed by atoms with van der Waals surface area (Å²) in [6.07, 6.45) is 5.92. The number of aromatic amines is 2. The van der Waals surface area contributed by atoms with E-state index in [1.165, 1.54) is 0 Å².